The lowest BCUT2D eigenvalue weighted by atomic mass is 10.1. The van der Waals surface area contributed by atoms with Crippen molar-refractivity contribution in [3.8, 4) is 0 Å². The molecule has 0 aromatic heterocycles. The normalized spacial score (nSPS) is 11.9. The van der Waals surface area contributed by atoms with E-state index in [4.69, 9.17) is 10.2 Å². The second kappa shape index (κ2) is 7.61. The zero-order chi connectivity index (χ0) is 13.4. The number of aliphatic carboxylic acids is 2. The summed E-state index contributed by atoms with van der Waals surface area (Å²) in [7, 11) is 0. The molecule has 1 unspecified atom stereocenters. The van der Waals surface area contributed by atoms with E-state index in [1.807, 2.05) is 6.92 Å². The van der Waals surface area contributed by atoms with Crippen LogP contribution in [0.3, 0.4) is 0 Å². The summed E-state index contributed by atoms with van der Waals surface area (Å²) >= 11 is 0. The molecule has 0 fully saturated rings. The van der Waals surface area contributed by atoms with Crippen LogP contribution in [0.5, 0.6) is 0 Å². The average molecular weight is 246 g/mol. The Morgan fingerprint density at radius 2 is 1.65 bits per heavy atom. The highest BCUT2D eigenvalue weighted by atomic mass is 16.4. The lowest BCUT2D eigenvalue weighted by Gasteiger charge is -2.22. The van der Waals surface area contributed by atoms with Crippen molar-refractivity contribution in [1.82, 2.24) is 10.2 Å². The van der Waals surface area contributed by atoms with Crippen LogP contribution in [-0.2, 0) is 14.4 Å². The van der Waals surface area contributed by atoms with Crippen molar-refractivity contribution in [1.29, 1.82) is 0 Å². The Hall–Kier alpha value is -1.63. The van der Waals surface area contributed by atoms with Crippen molar-refractivity contribution < 1.29 is 24.6 Å². The fourth-order valence-corrected chi connectivity index (χ4v) is 1.30. The number of hydrogen-bond acceptors (Lipinski definition) is 4. The first-order chi connectivity index (χ1) is 7.88. The number of amides is 1. The van der Waals surface area contributed by atoms with Crippen molar-refractivity contribution in [3.63, 3.8) is 0 Å². The summed E-state index contributed by atoms with van der Waals surface area (Å²) in [6.07, 6.45) is 0. The van der Waals surface area contributed by atoms with Crippen LogP contribution in [-0.4, -0.2) is 59.1 Å². The number of nitrogens with zero attached hydrogens (tertiary/aromatic N) is 1. The average Bonchev–Trinajstić information content (AvgIpc) is 2.22. The van der Waals surface area contributed by atoms with E-state index in [-0.39, 0.29) is 0 Å². The first-order valence-electron chi connectivity index (χ1n) is 5.31. The van der Waals surface area contributed by atoms with Crippen LogP contribution in [0, 0.1) is 5.92 Å². The van der Waals surface area contributed by atoms with E-state index in [2.05, 4.69) is 5.32 Å². The van der Waals surface area contributed by atoms with Gasteiger partial charge in [0.1, 0.15) is 13.1 Å². The molecule has 0 aliphatic heterocycles. The van der Waals surface area contributed by atoms with E-state index < -0.39 is 36.9 Å². The van der Waals surface area contributed by atoms with Gasteiger partial charge in [-0.25, -0.2) is 0 Å². The lowest BCUT2D eigenvalue weighted by Crippen LogP contribution is -2.44. The molecule has 0 aliphatic rings. The molecule has 0 rings (SSSR count). The van der Waals surface area contributed by atoms with Crippen LogP contribution in [0.4, 0.5) is 0 Å². The van der Waals surface area contributed by atoms with Gasteiger partial charge in [-0.3, -0.25) is 14.4 Å². The minimum Gasteiger partial charge on any atom is -0.480 e. The van der Waals surface area contributed by atoms with Gasteiger partial charge in [-0.2, -0.15) is 0 Å². The molecule has 7 heteroatoms. The van der Waals surface area contributed by atoms with Gasteiger partial charge in [0.15, 0.2) is 0 Å². The van der Waals surface area contributed by atoms with Crippen molar-refractivity contribution in [2.24, 2.45) is 5.92 Å². The quantitative estimate of drug-likeness (QED) is 0.519. The highest BCUT2D eigenvalue weighted by molar-refractivity contribution is 5.86. The Morgan fingerprint density at radius 3 is 2.00 bits per heavy atom. The summed E-state index contributed by atoms with van der Waals surface area (Å²) < 4.78 is 0. The van der Waals surface area contributed by atoms with Crippen LogP contribution in [0.25, 0.3) is 0 Å². The smallest absolute Gasteiger partial charge is 0.323 e. The summed E-state index contributed by atoms with van der Waals surface area (Å²) in [4.78, 5) is 33.7. The van der Waals surface area contributed by atoms with E-state index in [9.17, 15) is 14.4 Å². The lowest BCUT2D eigenvalue weighted by molar-refractivity contribution is -0.150. The fourth-order valence-electron chi connectivity index (χ4n) is 1.30. The Balaban J connectivity index is 4.49. The fraction of sp³-hybridized carbons (Fsp3) is 0.700. The van der Waals surface area contributed by atoms with Gasteiger partial charge in [0, 0.05) is 12.5 Å². The Bertz CT molecular complexity index is 276. The first-order valence-corrected chi connectivity index (χ1v) is 5.31. The zero-order valence-electron chi connectivity index (χ0n) is 9.97. The third-order valence-electron chi connectivity index (χ3n) is 2.09. The SMILES string of the molecule is CCNCC(C)C(=O)N(CC(=O)O)CC(=O)O. The van der Waals surface area contributed by atoms with Gasteiger partial charge in [0.05, 0.1) is 0 Å². The summed E-state index contributed by atoms with van der Waals surface area (Å²) in [6, 6.07) is 0. The molecule has 17 heavy (non-hydrogen) atoms. The minimum atomic E-state index is -1.23. The van der Waals surface area contributed by atoms with Crippen molar-refractivity contribution in [3.05, 3.63) is 0 Å². The number of rotatable bonds is 8. The molecule has 0 aliphatic carbocycles. The molecule has 0 bridgehead atoms. The van der Waals surface area contributed by atoms with Crippen molar-refractivity contribution >= 4 is 17.8 Å². The van der Waals surface area contributed by atoms with Gasteiger partial charge in [0.2, 0.25) is 5.91 Å². The molecule has 3 N–H and O–H groups in total. The molecule has 1 atom stereocenters. The highest BCUT2D eigenvalue weighted by Crippen LogP contribution is 2.01. The molecule has 0 heterocycles. The maximum Gasteiger partial charge on any atom is 0.323 e. The summed E-state index contributed by atoms with van der Waals surface area (Å²) in [5.41, 5.74) is 0. The van der Waals surface area contributed by atoms with Crippen LogP contribution in [0.15, 0.2) is 0 Å². The zero-order valence-corrected chi connectivity index (χ0v) is 9.97. The Kier molecular flexibility index (Phi) is 6.88. The molecule has 0 saturated carbocycles. The van der Waals surface area contributed by atoms with Gasteiger partial charge in [-0.15, -0.1) is 0 Å². The summed E-state index contributed by atoms with van der Waals surface area (Å²) in [6.45, 7) is 3.40. The van der Waals surface area contributed by atoms with E-state index in [0.29, 0.717) is 13.1 Å². The number of carboxylic acids is 2. The third kappa shape index (κ3) is 6.52. The van der Waals surface area contributed by atoms with E-state index in [0.717, 1.165) is 4.90 Å². The van der Waals surface area contributed by atoms with Crippen LogP contribution in [0.2, 0.25) is 0 Å². The largest absolute Gasteiger partial charge is 0.480 e. The third-order valence-corrected chi connectivity index (χ3v) is 2.09. The van der Waals surface area contributed by atoms with Crippen molar-refractivity contribution in [2.75, 3.05) is 26.2 Å². The first kappa shape index (κ1) is 15.4. The molecule has 7 nitrogen and oxygen atoms in total. The van der Waals surface area contributed by atoms with Crippen molar-refractivity contribution in [2.45, 2.75) is 13.8 Å². The van der Waals surface area contributed by atoms with Gasteiger partial charge < -0.3 is 20.4 Å². The van der Waals surface area contributed by atoms with Crippen LogP contribution in [0.1, 0.15) is 13.8 Å². The molecule has 0 spiro atoms. The summed E-state index contributed by atoms with van der Waals surface area (Å²) in [5, 5.41) is 20.2. The molecule has 0 aromatic rings. The van der Waals surface area contributed by atoms with Gasteiger partial charge in [-0.05, 0) is 6.54 Å². The Morgan fingerprint density at radius 1 is 1.18 bits per heavy atom. The highest BCUT2D eigenvalue weighted by Gasteiger charge is 2.23. The predicted molar refractivity (Wildman–Crippen MR) is 59.6 cm³/mol. The topological polar surface area (TPSA) is 107 Å². The number of hydrogen-bond donors (Lipinski definition) is 3. The van der Waals surface area contributed by atoms with E-state index in [1.54, 1.807) is 6.92 Å². The predicted octanol–water partition coefficient (Wildman–Crippen LogP) is -0.770. The number of carboxylic acid groups (broad SMARTS) is 2. The van der Waals surface area contributed by atoms with Crippen LogP contribution < -0.4 is 5.32 Å². The molecule has 0 saturated heterocycles. The van der Waals surface area contributed by atoms with Crippen LogP contribution >= 0.6 is 0 Å². The standard InChI is InChI=1S/C10H18N2O5/c1-3-11-4-7(2)10(17)12(5-8(13)14)6-9(15)16/h7,11H,3-6H2,1-2H3,(H,13,14)(H,15,16). The number of carbonyl (C=O) groups is 3. The van der Waals surface area contributed by atoms with Gasteiger partial charge in [0.25, 0.3) is 0 Å². The summed E-state index contributed by atoms with van der Waals surface area (Å²) in [5.74, 6) is -3.38. The van der Waals surface area contributed by atoms with E-state index in [1.165, 1.54) is 0 Å². The molecule has 98 valence electrons. The Labute approximate surface area is 99.4 Å². The maximum atomic E-state index is 11.8. The number of carbonyl (C=O) groups excluding carboxylic acids is 1. The van der Waals surface area contributed by atoms with E-state index >= 15 is 0 Å². The number of nitrogens with one attached hydrogen (secondary N) is 1. The second-order valence-corrected chi connectivity index (χ2v) is 3.69. The molecule has 0 aromatic carbocycles. The van der Waals surface area contributed by atoms with Gasteiger partial charge >= 0.3 is 11.9 Å². The molecule has 1 amide bonds. The maximum absolute atomic E-state index is 11.8. The van der Waals surface area contributed by atoms with Gasteiger partial charge in [-0.1, -0.05) is 13.8 Å². The molecule has 0 radical (unpaired) electrons. The molecular weight excluding hydrogens is 228 g/mol. The monoisotopic (exact) mass is 246 g/mol. The molecular formula is C10H18N2O5. The second-order valence-electron chi connectivity index (χ2n) is 3.69. The minimum absolute atomic E-state index is 0.394.